The molecule has 0 amide bonds. The van der Waals surface area contributed by atoms with Crippen molar-refractivity contribution >= 4 is 0 Å². The van der Waals surface area contributed by atoms with Crippen molar-refractivity contribution in [1.82, 2.24) is 4.90 Å². The van der Waals surface area contributed by atoms with Crippen molar-refractivity contribution < 1.29 is 5.11 Å². The summed E-state index contributed by atoms with van der Waals surface area (Å²) in [4.78, 5) is 2.38. The van der Waals surface area contributed by atoms with Crippen LogP contribution >= 0.6 is 0 Å². The Bertz CT molecular complexity index is 154. The summed E-state index contributed by atoms with van der Waals surface area (Å²) in [7, 11) is 0. The van der Waals surface area contributed by atoms with Crippen molar-refractivity contribution in [2.75, 3.05) is 6.54 Å². The van der Waals surface area contributed by atoms with Crippen molar-refractivity contribution in [3.63, 3.8) is 0 Å². The highest BCUT2D eigenvalue weighted by Gasteiger charge is 2.33. The van der Waals surface area contributed by atoms with Crippen molar-refractivity contribution in [1.29, 1.82) is 0 Å². The van der Waals surface area contributed by atoms with Crippen LogP contribution in [0.5, 0.6) is 0 Å². The van der Waals surface area contributed by atoms with E-state index in [0.717, 1.165) is 19.4 Å². The van der Waals surface area contributed by atoms with E-state index in [0.29, 0.717) is 12.1 Å². The molecule has 0 unspecified atom stereocenters. The molecule has 1 fully saturated rings. The highest BCUT2D eigenvalue weighted by Crippen LogP contribution is 2.26. The Morgan fingerprint density at radius 2 is 2.08 bits per heavy atom. The van der Waals surface area contributed by atoms with E-state index in [2.05, 4.69) is 25.7 Å². The number of hydrogen-bond donors (Lipinski definition) is 1. The minimum atomic E-state index is -0.462. The van der Waals surface area contributed by atoms with Gasteiger partial charge in [0.2, 0.25) is 0 Å². The highest BCUT2D eigenvalue weighted by molar-refractivity contribution is 4.88. The van der Waals surface area contributed by atoms with Gasteiger partial charge in [0.15, 0.2) is 0 Å². The molecular weight excluding hydrogens is 150 g/mol. The lowest BCUT2D eigenvalue weighted by molar-refractivity contribution is -0.0463. The van der Waals surface area contributed by atoms with E-state index in [4.69, 9.17) is 0 Å². The van der Waals surface area contributed by atoms with Crippen molar-refractivity contribution in [2.45, 2.75) is 58.2 Å². The number of aliphatic hydroxyl groups is 1. The fourth-order valence-electron chi connectivity index (χ4n) is 2.01. The van der Waals surface area contributed by atoms with Crippen LogP contribution in [0.25, 0.3) is 0 Å². The average molecular weight is 171 g/mol. The van der Waals surface area contributed by atoms with Gasteiger partial charge in [-0.3, -0.25) is 4.90 Å². The maximum absolute atomic E-state index is 9.87. The predicted molar refractivity (Wildman–Crippen MR) is 51.2 cm³/mol. The van der Waals surface area contributed by atoms with Crippen LogP contribution in [-0.4, -0.2) is 34.2 Å². The summed E-state index contributed by atoms with van der Waals surface area (Å²) < 4.78 is 0. The number of piperidine rings is 1. The number of likely N-dealkylation sites (tertiary alicyclic amines) is 1. The molecule has 1 aliphatic heterocycles. The van der Waals surface area contributed by atoms with Gasteiger partial charge in [0, 0.05) is 18.6 Å². The van der Waals surface area contributed by atoms with E-state index in [1.165, 1.54) is 0 Å². The largest absolute Gasteiger partial charge is 0.389 e. The smallest absolute Gasteiger partial charge is 0.0746 e. The molecule has 1 heterocycles. The Kier molecular flexibility index (Phi) is 2.79. The fraction of sp³-hybridized carbons (Fsp3) is 1.00. The predicted octanol–water partition coefficient (Wildman–Crippen LogP) is 1.63. The number of nitrogens with zero attached hydrogens (tertiary/aromatic N) is 1. The highest BCUT2D eigenvalue weighted by atomic mass is 16.3. The molecular formula is C10H21NO. The van der Waals surface area contributed by atoms with Crippen molar-refractivity contribution in [3.8, 4) is 0 Å². The second-order valence-corrected chi connectivity index (χ2v) is 4.65. The second-order valence-electron chi connectivity index (χ2n) is 4.65. The molecule has 2 atom stereocenters. The lowest BCUT2D eigenvalue weighted by atomic mass is 9.90. The van der Waals surface area contributed by atoms with Gasteiger partial charge in [-0.05, 0) is 40.5 Å². The van der Waals surface area contributed by atoms with Gasteiger partial charge in [0.05, 0.1) is 5.60 Å². The average Bonchev–Trinajstić information content (AvgIpc) is 1.94. The van der Waals surface area contributed by atoms with Crippen molar-refractivity contribution in [3.05, 3.63) is 0 Å². The van der Waals surface area contributed by atoms with E-state index in [1.807, 2.05) is 6.92 Å². The molecule has 0 spiro atoms. The van der Waals surface area contributed by atoms with Gasteiger partial charge in [0.1, 0.15) is 0 Å². The summed E-state index contributed by atoms with van der Waals surface area (Å²) in [5, 5.41) is 9.87. The molecule has 2 heteroatoms. The van der Waals surface area contributed by atoms with E-state index >= 15 is 0 Å². The van der Waals surface area contributed by atoms with Gasteiger partial charge in [-0.2, -0.15) is 0 Å². The van der Waals surface area contributed by atoms with E-state index in [9.17, 15) is 5.11 Å². The lowest BCUT2D eigenvalue weighted by Gasteiger charge is -2.43. The van der Waals surface area contributed by atoms with E-state index < -0.39 is 5.60 Å². The molecule has 1 saturated heterocycles. The Morgan fingerprint density at radius 1 is 1.50 bits per heavy atom. The summed E-state index contributed by atoms with van der Waals surface area (Å²) in [5.41, 5.74) is -0.462. The minimum absolute atomic E-state index is 0.462. The van der Waals surface area contributed by atoms with Crippen LogP contribution < -0.4 is 0 Å². The Morgan fingerprint density at radius 3 is 2.50 bits per heavy atom. The lowest BCUT2D eigenvalue weighted by Crippen LogP contribution is -2.52. The zero-order valence-electron chi connectivity index (χ0n) is 8.67. The van der Waals surface area contributed by atoms with Gasteiger partial charge in [-0.25, -0.2) is 0 Å². The van der Waals surface area contributed by atoms with Gasteiger partial charge in [-0.1, -0.05) is 0 Å². The van der Waals surface area contributed by atoms with Crippen molar-refractivity contribution in [2.24, 2.45) is 0 Å². The molecule has 0 saturated carbocycles. The molecule has 0 aromatic rings. The van der Waals surface area contributed by atoms with Gasteiger partial charge in [-0.15, -0.1) is 0 Å². The Labute approximate surface area is 75.6 Å². The van der Waals surface area contributed by atoms with Crippen LogP contribution in [0.3, 0.4) is 0 Å². The maximum Gasteiger partial charge on any atom is 0.0746 e. The molecule has 1 N–H and O–H groups in total. The number of β-amino-alcohol motifs (C(OH)–C–C–N with tert-alkyl or cyclic N) is 1. The maximum atomic E-state index is 9.87. The molecule has 0 aromatic carbocycles. The molecule has 12 heavy (non-hydrogen) atoms. The summed E-state index contributed by atoms with van der Waals surface area (Å²) in [6.45, 7) is 9.39. The topological polar surface area (TPSA) is 23.5 Å². The first-order valence-electron chi connectivity index (χ1n) is 4.90. The zero-order valence-corrected chi connectivity index (χ0v) is 8.67. The van der Waals surface area contributed by atoms with Crippen LogP contribution in [-0.2, 0) is 0 Å². The quantitative estimate of drug-likeness (QED) is 0.648. The third kappa shape index (κ3) is 2.20. The summed E-state index contributed by atoms with van der Waals surface area (Å²) in [6, 6.07) is 1.18. The molecule has 0 aliphatic carbocycles. The van der Waals surface area contributed by atoms with E-state index in [-0.39, 0.29) is 0 Å². The molecule has 0 aromatic heterocycles. The number of hydrogen-bond acceptors (Lipinski definition) is 2. The normalized spacial score (nSPS) is 39.0. The Balaban J connectivity index is 2.59. The molecule has 1 aliphatic rings. The van der Waals surface area contributed by atoms with Crippen LogP contribution in [0, 0.1) is 0 Å². The first kappa shape index (κ1) is 10.0. The SMILES string of the molecule is CC(C)N1C[C@](C)(O)CC[C@@H]1C. The minimum Gasteiger partial charge on any atom is -0.389 e. The molecule has 72 valence electrons. The summed E-state index contributed by atoms with van der Waals surface area (Å²) in [6.07, 6.45) is 2.06. The van der Waals surface area contributed by atoms with Gasteiger partial charge >= 0.3 is 0 Å². The van der Waals surface area contributed by atoms with Crippen LogP contribution in [0.2, 0.25) is 0 Å². The molecule has 0 bridgehead atoms. The monoisotopic (exact) mass is 171 g/mol. The summed E-state index contributed by atoms with van der Waals surface area (Å²) in [5.74, 6) is 0. The van der Waals surface area contributed by atoms with Gasteiger partial charge in [0.25, 0.3) is 0 Å². The number of rotatable bonds is 1. The van der Waals surface area contributed by atoms with E-state index in [1.54, 1.807) is 0 Å². The molecule has 0 radical (unpaired) electrons. The molecule has 2 nitrogen and oxygen atoms in total. The molecule has 1 rings (SSSR count). The third-order valence-corrected chi connectivity index (χ3v) is 2.85. The first-order chi connectivity index (χ1) is 5.42. The Hall–Kier alpha value is -0.0800. The van der Waals surface area contributed by atoms with Gasteiger partial charge < -0.3 is 5.11 Å². The van der Waals surface area contributed by atoms with Crippen LogP contribution in [0.15, 0.2) is 0 Å². The second kappa shape index (κ2) is 3.35. The zero-order chi connectivity index (χ0) is 9.35. The van der Waals surface area contributed by atoms with Crippen LogP contribution in [0.1, 0.15) is 40.5 Å². The first-order valence-corrected chi connectivity index (χ1v) is 4.90. The summed E-state index contributed by atoms with van der Waals surface area (Å²) >= 11 is 0. The van der Waals surface area contributed by atoms with Crippen LogP contribution in [0.4, 0.5) is 0 Å². The standard InChI is InChI=1S/C10H21NO/c1-8(2)11-7-10(4,12)6-5-9(11)3/h8-9,12H,5-7H2,1-4H3/t9-,10+/m0/s1. The fourth-order valence-corrected chi connectivity index (χ4v) is 2.01. The third-order valence-electron chi connectivity index (χ3n) is 2.85.